The summed E-state index contributed by atoms with van der Waals surface area (Å²) in [5.74, 6) is 0. The first kappa shape index (κ1) is 12.0. The van der Waals surface area contributed by atoms with Gasteiger partial charge in [-0.2, -0.15) is 0 Å². The molecule has 1 aromatic heterocycles. The molecule has 0 amide bonds. The third kappa shape index (κ3) is 3.03. The van der Waals surface area contributed by atoms with E-state index in [1.54, 1.807) is 11.3 Å². The number of rotatable bonds is 4. The van der Waals surface area contributed by atoms with Gasteiger partial charge in [0.1, 0.15) is 0 Å². The Hall–Kier alpha value is -0.450. The molecule has 1 aromatic rings. The molecule has 0 bridgehead atoms. The largest absolute Gasteiger partial charge is 0.391 e. The molecule has 90 valence electrons. The van der Waals surface area contributed by atoms with Crippen molar-refractivity contribution in [1.82, 2.24) is 9.88 Å². The minimum Gasteiger partial charge on any atom is -0.391 e. The van der Waals surface area contributed by atoms with Crippen LogP contribution in [0.25, 0.3) is 0 Å². The number of aromatic nitrogens is 1. The number of hydrogen-bond acceptors (Lipinski definition) is 4. The number of nitrogens with zero attached hydrogens (tertiary/aromatic N) is 2. The van der Waals surface area contributed by atoms with E-state index < -0.39 is 0 Å². The van der Waals surface area contributed by atoms with Gasteiger partial charge in [0.05, 0.1) is 11.1 Å². The SMILES string of the molecule is CN(CCc1nccs1)C1CCCCC1O. The third-order valence-electron chi connectivity index (χ3n) is 3.42. The van der Waals surface area contributed by atoms with Crippen LogP contribution in [-0.4, -0.2) is 40.7 Å². The lowest BCUT2D eigenvalue weighted by molar-refractivity contribution is 0.0327. The molecule has 0 spiro atoms. The minimum atomic E-state index is -0.130. The normalized spacial score (nSPS) is 26.2. The fourth-order valence-corrected chi connectivity index (χ4v) is 3.03. The van der Waals surface area contributed by atoms with Crippen LogP contribution in [0.15, 0.2) is 11.6 Å². The molecule has 0 aliphatic heterocycles. The van der Waals surface area contributed by atoms with Crippen LogP contribution in [0.3, 0.4) is 0 Å². The second kappa shape index (κ2) is 5.75. The smallest absolute Gasteiger partial charge is 0.0937 e. The molecular formula is C12H20N2OS. The highest BCUT2D eigenvalue weighted by Gasteiger charge is 2.26. The fourth-order valence-electron chi connectivity index (χ4n) is 2.42. The van der Waals surface area contributed by atoms with E-state index in [0.29, 0.717) is 6.04 Å². The summed E-state index contributed by atoms with van der Waals surface area (Å²) >= 11 is 1.71. The molecule has 1 heterocycles. The predicted octanol–water partition coefficient (Wildman–Crippen LogP) is 1.92. The minimum absolute atomic E-state index is 0.130. The second-order valence-electron chi connectivity index (χ2n) is 4.58. The lowest BCUT2D eigenvalue weighted by Gasteiger charge is -2.35. The second-order valence-corrected chi connectivity index (χ2v) is 5.55. The predicted molar refractivity (Wildman–Crippen MR) is 66.7 cm³/mol. The number of aliphatic hydroxyl groups excluding tert-OH is 1. The first-order valence-corrected chi connectivity index (χ1v) is 6.92. The van der Waals surface area contributed by atoms with E-state index in [0.717, 1.165) is 25.8 Å². The molecule has 0 radical (unpaired) electrons. The average molecular weight is 240 g/mol. The molecule has 2 atom stereocenters. The van der Waals surface area contributed by atoms with Crippen molar-refractivity contribution in [1.29, 1.82) is 0 Å². The van der Waals surface area contributed by atoms with Crippen molar-refractivity contribution in [2.24, 2.45) is 0 Å². The Morgan fingerprint density at radius 3 is 3.00 bits per heavy atom. The van der Waals surface area contributed by atoms with Crippen molar-refractivity contribution in [3.05, 3.63) is 16.6 Å². The zero-order valence-corrected chi connectivity index (χ0v) is 10.6. The van der Waals surface area contributed by atoms with Gasteiger partial charge in [0.2, 0.25) is 0 Å². The van der Waals surface area contributed by atoms with Gasteiger partial charge in [-0.3, -0.25) is 0 Å². The maximum atomic E-state index is 9.94. The van der Waals surface area contributed by atoms with Gasteiger partial charge >= 0.3 is 0 Å². The highest BCUT2D eigenvalue weighted by Crippen LogP contribution is 2.22. The van der Waals surface area contributed by atoms with Gasteiger partial charge in [0.25, 0.3) is 0 Å². The molecule has 0 saturated heterocycles. The Morgan fingerprint density at radius 2 is 2.31 bits per heavy atom. The van der Waals surface area contributed by atoms with Gasteiger partial charge in [0.15, 0.2) is 0 Å². The van der Waals surface area contributed by atoms with Gasteiger partial charge in [0, 0.05) is 30.6 Å². The molecule has 2 unspecified atom stereocenters. The molecule has 1 N–H and O–H groups in total. The lowest BCUT2D eigenvalue weighted by atomic mass is 9.91. The van der Waals surface area contributed by atoms with Gasteiger partial charge in [-0.1, -0.05) is 12.8 Å². The summed E-state index contributed by atoms with van der Waals surface area (Å²) in [4.78, 5) is 6.58. The molecular weight excluding hydrogens is 220 g/mol. The Kier molecular flexibility index (Phi) is 4.32. The van der Waals surface area contributed by atoms with Crippen molar-refractivity contribution < 1.29 is 5.11 Å². The van der Waals surface area contributed by atoms with Crippen molar-refractivity contribution in [3.8, 4) is 0 Å². The van der Waals surface area contributed by atoms with Gasteiger partial charge in [-0.25, -0.2) is 4.98 Å². The van der Waals surface area contributed by atoms with Gasteiger partial charge in [-0.05, 0) is 19.9 Å². The maximum absolute atomic E-state index is 9.94. The Labute approximate surface area is 101 Å². The van der Waals surface area contributed by atoms with Crippen LogP contribution in [0.2, 0.25) is 0 Å². The van der Waals surface area contributed by atoms with Crippen LogP contribution in [0.4, 0.5) is 0 Å². The van der Waals surface area contributed by atoms with Gasteiger partial charge < -0.3 is 10.0 Å². The van der Waals surface area contributed by atoms with Crippen LogP contribution in [0.1, 0.15) is 30.7 Å². The van der Waals surface area contributed by atoms with Crippen molar-refractivity contribution >= 4 is 11.3 Å². The summed E-state index contributed by atoms with van der Waals surface area (Å²) in [5.41, 5.74) is 0. The topological polar surface area (TPSA) is 36.4 Å². The number of aliphatic hydroxyl groups is 1. The third-order valence-corrected chi connectivity index (χ3v) is 4.26. The standard InChI is InChI=1S/C12H20N2OS/c1-14(8-6-12-13-7-9-16-12)10-4-2-3-5-11(10)15/h7,9-11,15H,2-6,8H2,1H3. The van der Waals surface area contributed by atoms with Crippen LogP contribution in [-0.2, 0) is 6.42 Å². The highest BCUT2D eigenvalue weighted by atomic mass is 32.1. The molecule has 1 saturated carbocycles. The van der Waals surface area contributed by atoms with Crippen LogP contribution < -0.4 is 0 Å². The maximum Gasteiger partial charge on any atom is 0.0937 e. The molecule has 3 nitrogen and oxygen atoms in total. The van der Waals surface area contributed by atoms with Crippen LogP contribution in [0, 0.1) is 0 Å². The van der Waals surface area contributed by atoms with E-state index in [4.69, 9.17) is 0 Å². The zero-order chi connectivity index (χ0) is 11.4. The fraction of sp³-hybridized carbons (Fsp3) is 0.750. The van der Waals surface area contributed by atoms with Crippen molar-refractivity contribution in [2.75, 3.05) is 13.6 Å². The number of likely N-dealkylation sites (N-methyl/N-ethyl adjacent to an activating group) is 1. The summed E-state index contributed by atoms with van der Waals surface area (Å²) in [6.45, 7) is 0.995. The number of hydrogen-bond donors (Lipinski definition) is 1. The molecule has 1 aliphatic rings. The molecule has 16 heavy (non-hydrogen) atoms. The molecule has 0 aromatic carbocycles. The van der Waals surface area contributed by atoms with Crippen molar-refractivity contribution in [2.45, 2.75) is 44.2 Å². The first-order chi connectivity index (χ1) is 7.77. The Bertz CT molecular complexity index is 302. The Morgan fingerprint density at radius 1 is 1.50 bits per heavy atom. The molecule has 2 rings (SSSR count). The highest BCUT2D eigenvalue weighted by molar-refractivity contribution is 7.09. The molecule has 1 aliphatic carbocycles. The lowest BCUT2D eigenvalue weighted by Crippen LogP contribution is -2.44. The Balaban J connectivity index is 1.80. The summed E-state index contributed by atoms with van der Waals surface area (Å²) in [7, 11) is 2.12. The van der Waals surface area contributed by atoms with E-state index in [1.165, 1.54) is 17.8 Å². The summed E-state index contributed by atoms with van der Waals surface area (Å²) < 4.78 is 0. The average Bonchev–Trinajstić information content (AvgIpc) is 2.79. The van der Waals surface area contributed by atoms with E-state index in [-0.39, 0.29) is 6.10 Å². The quantitative estimate of drug-likeness (QED) is 0.873. The first-order valence-electron chi connectivity index (χ1n) is 6.04. The van der Waals surface area contributed by atoms with Crippen molar-refractivity contribution in [3.63, 3.8) is 0 Å². The summed E-state index contributed by atoms with van der Waals surface area (Å²) in [5, 5.41) is 13.2. The molecule has 1 fully saturated rings. The van der Waals surface area contributed by atoms with E-state index in [1.807, 2.05) is 11.6 Å². The van der Waals surface area contributed by atoms with E-state index in [2.05, 4.69) is 16.9 Å². The van der Waals surface area contributed by atoms with Crippen LogP contribution >= 0.6 is 11.3 Å². The zero-order valence-electron chi connectivity index (χ0n) is 9.80. The van der Waals surface area contributed by atoms with E-state index >= 15 is 0 Å². The monoisotopic (exact) mass is 240 g/mol. The number of thiazole rings is 1. The summed E-state index contributed by atoms with van der Waals surface area (Å²) in [6.07, 6.45) is 7.26. The molecule has 4 heteroatoms. The summed E-state index contributed by atoms with van der Waals surface area (Å²) in [6, 6.07) is 0.355. The van der Waals surface area contributed by atoms with Crippen LogP contribution in [0.5, 0.6) is 0 Å². The van der Waals surface area contributed by atoms with E-state index in [9.17, 15) is 5.11 Å². The van der Waals surface area contributed by atoms with Gasteiger partial charge in [-0.15, -0.1) is 11.3 Å².